The van der Waals surface area contributed by atoms with E-state index in [2.05, 4.69) is 41.6 Å². The van der Waals surface area contributed by atoms with Gasteiger partial charge in [-0.25, -0.2) is 4.39 Å². The first-order valence-electron chi connectivity index (χ1n) is 10.7. The van der Waals surface area contributed by atoms with Gasteiger partial charge in [0.2, 0.25) is 0 Å². The van der Waals surface area contributed by atoms with Crippen LogP contribution in [0.5, 0.6) is 0 Å². The van der Waals surface area contributed by atoms with Crippen molar-refractivity contribution in [2.24, 2.45) is 0 Å². The minimum Gasteiger partial charge on any atom is -0.341 e. The maximum Gasteiger partial charge on any atom is 0.123 e. The molecule has 0 spiro atoms. The van der Waals surface area contributed by atoms with Crippen LogP contribution in [0.2, 0.25) is 0 Å². The fraction of sp³-hybridized carbons (Fsp3) is 0.440. The van der Waals surface area contributed by atoms with Gasteiger partial charge in [0.05, 0.1) is 0 Å². The molecule has 2 aromatic carbocycles. The van der Waals surface area contributed by atoms with Crippen molar-refractivity contribution in [2.75, 3.05) is 13.6 Å². The Morgan fingerprint density at radius 2 is 1.79 bits per heavy atom. The summed E-state index contributed by atoms with van der Waals surface area (Å²) < 4.78 is 16.2. The summed E-state index contributed by atoms with van der Waals surface area (Å²) in [5.74, 6) is 0.327. The molecular weight excluding hydrogens is 347 g/mol. The predicted octanol–water partition coefficient (Wildman–Crippen LogP) is 5.98. The van der Waals surface area contributed by atoms with Gasteiger partial charge in [-0.2, -0.15) is 0 Å². The average molecular weight is 377 g/mol. The largest absolute Gasteiger partial charge is 0.341 e. The molecule has 2 aliphatic rings. The number of aryl methyl sites for hydroxylation is 1. The maximum atomic E-state index is 13.5. The van der Waals surface area contributed by atoms with Crippen LogP contribution in [0.1, 0.15) is 60.0 Å². The number of nitrogens with zero attached hydrogens (tertiary/aromatic N) is 2. The Morgan fingerprint density at radius 1 is 1.00 bits per heavy atom. The summed E-state index contributed by atoms with van der Waals surface area (Å²) in [6.07, 6.45) is 6.06. The van der Waals surface area contributed by atoms with Crippen LogP contribution in [-0.2, 0) is 13.0 Å². The van der Waals surface area contributed by atoms with E-state index in [1.807, 2.05) is 12.1 Å². The molecule has 2 atom stereocenters. The minimum absolute atomic E-state index is 0.140. The van der Waals surface area contributed by atoms with Crippen LogP contribution in [-0.4, -0.2) is 23.1 Å². The molecule has 0 amide bonds. The number of likely N-dealkylation sites (N-methyl/N-ethyl adjacent to an activating group) is 1. The molecule has 1 saturated carbocycles. The third kappa shape index (κ3) is 2.97. The van der Waals surface area contributed by atoms with E-state index in [-0.39, 0.29) is 5.82 Å². The molecule has 1 aromatic heterocycles. The zero-order chi connectivity index (χ0) is 19.3. The molecule has 3 aromatic rings. The molecule has 2 unspecified atom stereocenters. The molecule has 1 aliphatic heterocycles. The van der Waals surface area contributed by atoms with Gasteiger partial charge in [-0.1, -0.05) is 36.6 Å². The first-order valence-corrected chi connectivity index (χ1v) is 10.7. The summed E-state index contributed by atoms with van der Waals surface area (Å²) in [7, 11) is 2.23. The summed E-state index contributed by atoms with van der Waals surface area (Å²) in [5, 5.41) is 1.44. The van der Waals surface area contributed by atoms with Crippen LogP contribution in [0.4, 0.5) is 4.39 Å². The Balaban J connectivity index is 1.67. The lowest BCUT2D eigenvalue weighted by Gasteiger charge is -2.36. The van der Waals surface area contributed by atoms with Gasteiger partial charge in [0.1, 0.15) is 5.82 Å². The number of benzene rings is 2. The third-order valence-electron chi connectivity index (χ3n) is 6.89. The second-order valence-electron chi connectivity index (χ2n) is 8.81. The number of halogens is 1. The molecule has 0 radical (unpaired) electrons. The van der Waals surface area contributed by atoms with Gasteiger partial charge < -0.3 is 9.47 Å². The molecule has 28 heavy (non-hydrogen) atoms. The topological polar surface area (TPSA) is 8.17 Å². The molecule has 0 N–H and O–H groups in total. The lowest BCUT2D eigenvalue weighted by atomic mass is 9.79. The molecular formula is C25H29FN2. The Labute approximate surface area is 167 Å². The van der Waals surface area contributed by atoms with Gasteiger partial charge in [0.25, 0.3) is 0 Å². The molecule has 2 heterocycles. The highest BCUT2D eigenvalue weighted by molar-refractivity contribution is 5.86. The summed E-state index contributed by atoms with van der Waals surface area (Å²) in [5.41, 5.74) is 7.08. The second kappa shape index (κ2) is 7.04. The fourth-order valence-electron chi connectivity index (χ4n) is 5.54. The van der Waals surface area contributed by atoms with Crippen LogP contribution < -0.4 is 0 Å². The van der Waals surface area contributed by atoms with E-state index in [0.717, 1.165) is 19.5 Å². The molecule has 146 valence electrons. The van der Waals surface area contributed by atoms with E-state index >= 15 is 0 Å². The lowest BCUT2D eigenvalue weighted by Crippen LogP contribution is -2.30. The standard InChI is InChI=1S/C25H29FN2/c1-17-7-12-24-21(15-17)22-16-27(2)14-13-25(22)28(24)23-6-4-3-5-20(23)18-8-10-19(26)11-9-18/h7-12,15,20,23H,3-6,13-14,16H2,1-2H3. The van der Waals surface area contributed by atoms with Gasteiger partial charge in [0, 0.05) is 48.1 Å². The first-order chi connectivity index (χ1) is 13.6. The van der Waals surface area contributed by atoms with Gasteiger partial charge in [0.15, 0.2) is 0 Å². The number of hydrogen-bond donors (Lipinski definition) is 0. The van der Waals surface area contributed by atoms with E-state index < -0.39 is 0 Å². The SMILES string of the molecule is Cc1ccc2c(c1)c1c(n2C2CCCCC2c2ccc(F)cc2)CCN(C)C1. The van der Waals surface area contributed by atoms with E-state index in [0.29, 0.717) is 12.0 Å². The van der Waals surface area contributed by atoms with Gasteiger partial charge in [-0.15, -0.1) is 0 Å². The van der Waals surface area contributed by atoms with Gasteiger partial charge in [-0.05, 0) is 62.2 Å². The second-order valence-corrected chi connectivity index (χ2v) is 8.81. The predicted molar refractivity (Wildman–Crippen MR) is 113 cm³/mol. The van der Waals surface area contributed by atoms with Crippen LogP contribution in [0.15, 0.2) is 42.5 Å². The quantitative estimate of drug-likeness (QED) is 0.534. The summed E-state index contributed by atoms with van der Waals surface area (Å²) in [4.78, 5) is 2.44. The van der Waals surface area contributed by atoms with Crippen LogP contribution >= 0.6 is 0 Å². The highest BCUT2D eigenvalue weighted by atomic mass is 19.1. The van der Waals surface area contributed by atoms with E-state index in [9.17, 15) is 4.39 Å². The van der Waals surface area contributed by atoms with Crippen molar-refractivity contribution in [3.8, 4) is 0 Å². The molecule has 1 aliphatic carbocycles. The van der Waals surface area contributed by atoms with Crippen LogP contribution in [0.3, 0.4) is 0 Å². The number of fused-ring (bicyclic) bond motifs is 3. The Morgan fingerprint density at radius 3 is 2.61 bits per heavy atom. The fourth-order valence-corrected chi connectivity index (χ4v) is 5.54. The average Bonchev–Trinajstić information content (AvgIpc) is 3.01. The third-order valence-corrected chi connectivity index (χ3v) is 6.89. The van der Waals surface area contributed by atoms with Crippen molar-refractivity contribution in [1.82, 2.24) is 9.47 Å². The highest BCUT2D eigenvalue weighted by Gasteiger charge is 2.33. The molecule has 0 bridgehead atoms. The zero-order valence-corrected chi connectivity index (χ0v) is 16.9. The van der Waals surface area contributed by atoms with Crippen molar-refractivity contribution in [3.05, 3.63) is 70.7 Å². The summed E-state index contributed by atoms with van der Waals surface area (Å²) in [6, 6.07) is 14.7. The van der Waals surface area contributed by atoms with Crippen molar-refractivity contribution in [1.29, 1.82) is 0 Å². The summed E-state index contributed by atoms with van der Waals surface area (Å²) in [6.45, 7) is 4.35. The molecule has 5 rings (SSSR count). The number of aromatic nitrogens is 1. The smallest absolute Gasteiger partial charge is 0.123 e. The highest BCUT2D eigenvalue weighted by Crippen LogP contribution is 2.45. The van der Waals surface area contributed by atoms with Crippen molar-refractivity contribution in [3.63, 3.8) is 0 Å². The Bertz CT molecular complexity index is 1000. The van der Waals surface area contributed by atoms with Crippen molar-refractivity contribution in [2.45, 2.75) is 57.5 Å². The molecule has 1 fully saturated rings. The monoisotopic (exact) mass is 376 g/mol. The minimum atomic E-state index is -0.140. The van der Waals surface area contributed by atoms with E-state index in [4.69, 9.17) is 0 Å². The Hall–Kier alpha value is -2.13. The van der Waals surface area contributed by atoms with E-state index in [1.165, 1.54) is 59.0 Å². The lowest BCUT2D eigenvalue weighted by molar-refractivity contribution is 0.281. The molecule has 2 nitrogen and oxygen atoms in total. The van der Waals surface area contributed by atoms with Gasteiger partial charge >= 0.3 is 0 Å². The van der Waals surface area contributed by atoms with Crippen molar-refractivity contribution < 1.29 is 4.39 Å². The number of hydrogen-bond acceptors (Lipinski definition) is 1. The molecule has 3 heteroatoms. The van der Waals surface area contributed by atoms with Crippen LogP contribution in [0.25, 0.3) is 10.9 Å². The van der Waals surface area contributed by atoms with Crippen molar-refractivity contribution >= 4 is 10.9 Å². The van der Waals surface area contributed by atoms with Crippen LogP contribution in [0, 0.1) is 12.7 Å². The Kier molecular flexibility index (Phi) is 4.51. The maximum absolute atomic E-state index is 13.5. The zero-order valence-electron chi connectivity index (χ0n) is 16.9. The number of rotatable bonds is 2. The normalized spacial score (nSPS) is 23.1. The molecule has 0 saturated heterocycles. The summed E-state index contributed by atoms with van der Waals surface area (Å²) >= 11 is 0. The first kappa shape index (κ1) is 17.9. The van der Waals surface area contributed by atoms with Gasteiger partial charge in [-0.3, -0.25) is 0 Å². The van der Waals surface area contributed by atoms with E-state index in [1.54, 1.807) is 12.1 Å².